The Bertz CT molecular complexity index is 468. The number of methoxy groups -OCH3 is 1. The first-order chi connectivity index (χ1) is 10.8. The Labute approximate surface area is 135 Å². The van der Waals surface area contributed by atoms with Gasteiger partial charge in [-0.2, -0.15) is 0 Å². The summed E-state index contributed by atoms with van der Waals surface area (Å²) >= 11 is 0. The van der Waals surface area contributed by atoms with Gasteiger partial charge in [-0.3, -0.25) is 0 Å². The topological polar surface area (TPSA) is 35.2 Å². The van der Waals surface area contributed by atoms with Gasteiger partial charge in [0.05, 0.1) is 32.8 Å². The summed E-state index contributed by atoms with van der Waals surface area (Å²) in [6.45, 7) is 7.94. The van der Waals surface area contributed by atoms with Crippen molar-refractivity contribution in [2.75, 3.05) is 33.3 Å². The number of rotatable bonds is 9. The van der Waals surface area contributed by atoms with Crippen LogP contribution in [0.4, 0.5) is 0 Å². The Balaban J connectivity index is 2.15. The van der Waals surface area contributed by atoms with E-state index < -0.39 is 0 Å². The molecule has 1 aromatic rings. The molecule has 1 aliphatic carbocycles. The number of para-hydroxylation sites is 1. The summed E-state index contributed by atoms with van der Waals surface area (Å²) in [5.41, 5.74) is 7.26. The van der Waals surface area contributed by atoms with Gasteiger partial charge in [0.2, 0.25) is 0 Å². The molecule has 0 aliphatic heterocycles. The minimum atomic E-state index is 0.746. The van der Waals surface area contributed by atoms with Crippen LogP contribution < -0.4 is 10.5 Å². The van der Waals surface area contributed by atoms with Gasteiger partial charge in [0.15, 0.2) is 0 Å². The van der Waals surface area contributed by atoms with Crippen molar-refractivity contribution < 1.29 is 9.22 Å². The van der Waals surface area contributed by atoms with Crippen LogP contribution in [0.25, 0.3) is 0 Å². The fraction of sp³-hybridized carbons (Fsp3) is 0.579. The summed E-state index contributed by atoms with van der Waals surface area (Å²) in [5.74, 6) is 0.998. The monoisotopic (exact) mass is 303 g/mol. The van der Waals surface area contributed by atoms with Crippen molar-refractivity contribution in [2.45, 2.75) is 38.1 Å². The van der Waals surface area contributed by atoms with Crippen molar-refractivity contribution in [1.29, 1.82) is 0 Å². The fourth-order valence-electron chi connectivity index (χ4n) is 4.03. The summed E-state index contributed by atoms with van der Waals surface area (Å²) in [7, 11) is 1.75. The molecule has 1 atom stereocenters. The number of ether oxygens (including phenoxy) is 1. The van der Waals surface area contributed by atoms with E-state index in [0.29, 0.717) is 0 Å². The second-order valence-electron chi connectivity index (χ2n) is 6.43. The summed E-state index contributed by atoms with van der Waals surface area (Å²) in [6.07, 6.45) is 8.51. The van der Waals surface area contributed by atoms with Crippen LogP contribution in [-0.4, -0.2) is 43.8 Å². The van der Waals surface area contributed by atoms with E-state index in [0.717, 1.165) is 48.9 Å². The van der Waals surface area contributed by atoms with E-state index in [1.54, 1.807) is 7.11 Å². The summed E-state index contributed by atoms with van der Waals surface area (Å²) in [4.78, 5) is 0. The van der Waals surface area contributed by atoms with Gasteiger partial charge in [-0.15, -0.1) is 0 Å². The number of quaternary nitrogens is 1. The molecule has 0 radical (unpaired) electrons. The molecular weight excluding hydrogens is 272 g/mol. The van der Waals surface area contributed by atoms with E-state index in [4.69, 9.17) is 10.5 Å². The van der Waals surface area contributed by atoms with Crippen LogP contribution >= 0.6 is 0 Å². The highest BCUT2D eigenvalue weighted by molar-refractivity contribution is 5.33. The van der Waals surface area contributed by atoms with Crippen LogP contribution in [0.3, 0.4) is 0 Å². The van der Waals surface area contributed by atoms with Gasteiger partial charge in [0, 0.05) is 13.0 Å². The van der Waals surface area contributed by atoms with E-state index in [2.05, 4.69) is 30.9 Å². The molecule has 0 amide bonds. The minimum Gasteiger partial charge on any atom is -0.496 e. The Morgan fingerprint density at radius 3 is 2.64 bits per heavy atom. The van der Waals surface area contributed by atoms with Gasteiger partial charge in [-0.1, -0.05) is 24.8 Å². The zero-order chi connectivity index (χ0) is 15.8. The molecule has 3 heteroatoms. The molecule has 3 nitrogen and oxygen atoms in total. The van der Waals surface area contributed by atoms with Crippen molar-refractivity contribution in [3.63, 3.8) is 0 Å². The first-order valence-corrected chi connectivity index (χ1v) is 8.54. The summed E-state index contributed by atoms with van der Waals surface area (Å²) < 4.78 is 6.60. The standard InChI is InChI=1S/C19H31N2O/c1-3-14-21(16-13-20,18-9-5-6-10-18)15-12-17-8-4-7-11-19(17)22-2/h3-4,7-8,11,18H,1,5-6,9-10,12-16,20H2,2H3/q+1. The highest BCUT2D eigenvalue weighted by atomic mass is 16.5. The van der Waals surface area contributed by atoms with Gasteiger partial charge >= 0.3 is 0 Å². The van der Waals surface area contributed by atoms with Crippen molar-refractivity contribution in [2.24, 2.45) is 5.73 Å². The Kier molecular flexibility index (Phi) is 6.47. The van der Waals surface area contributed by atoms with Crippen LogP contribution in [0.15, 0.2) is 36.9 Å². The van der Waals surface area contributed by atoms with Gasteiger partial charge in [0.1, 0.15) is 5.75 Å². The van der Waals surface area contributed by atoms with Crippen molar-refractivity contribution in [3.8, 4) is 5.75 Å². The molecule has 0 aromatic heterocycles. The molecule has 1 fully saturated rings. The van der Waals surface area contributed by atoms with Crippen molar-refractivity contribution in [1.82, 2.24) is 0 Å². The maximum Gasteiger partial charge on any atom is 0.122 e. The third-order valence-electron chi connectivity index (χ3n) is 5.19. The molecule has 2 N–H and O–H groups in total. The molecule has 0 spiro atoms. The number of benzene rings is 1. The predicted octanol–water partition coefficient (Wildman–Crippen LogP) is 3.14. The van der Waals surface area contributed by atoms with Crippen LogP contribution in [-0.2, 0) is 6.42 Å². The molecule has 1 saturated carbocycles. The van der Waals surface area contributed by atoms with Crippen LogP contribution in [0.5, 0.6) is 5.75 Å². The minimum absolute atomic E-state index is 0.746. The highest BCUT2D eigenvalue weighted by Gasteiger charge is 2.37. The average molecular weight is 303 g/mol. The van der Waals surface area contributed by atoms with Gasteiger partial charge in [0.25, 0.3) is 0 Å². The zero-order valence-corrected chi connectivity index (χ0v) is 14.0. The lowest BCUT2D eigenvalue weighted by atomic mass is 10.1. The number of nitrogens with zero attached hydrogens (tertiary/aromatic N) is 1. The summed E-state index contributed by atoms with van der Waals surface area (Å²) in [5, 5.41) is 0. The lowest BCUT2D eigenvalue weighted by Gasteiger charge is -2.43. The number of hydrogen-bond acceptors (Lipinski definition) is 2. The van der Waals surface area contributed by atoms with Crippen LogP contribution in [0.2, 0.25) is 0 Å². The maximum absolute atomic E-state index is 5.96. The molecule has 1 aromatic carbocycles. The number of hydrogen-bond donors (Lipinski definition) is 1. The normalized spacial score (nSPS) is 18.1. The van der Waals surface area contributed by atoms with Crippen molar-refractivity contribution >= 4 is 0 Å². The third-order valence-corrected chi connectivity index (χ3v) is 5.19. The van der Waals surface area contributed by atoms with E-state index in [1.165, 1.54) is 31.2 Å². The molecule has 0 heterocycles. The number of nitrogens with two attached hydrogens (primary N) is 1. The van der Waals surface area contributed by atoms with E-state index in [1.807, 2.05) is 6.07 Å². The van der Waals surface area contributed by atoms with Gasteiger partial charge in [-0.25, -0.2) is 0 Å². The SMILES string of the molecule is C=CC[N+](CCN)(CCc1ccccc1OC)C1CCCC1. The van der Waals surface area contributed by atoms with Gasteiger partial charge < -0.3 is 15.0 Å². The van der Waals surface area contributed by atoms with Crippen LogP contribution in [0, 0.1) is 0 Å². The largest absolute Gasteiger partial charge is 0.496 e. The maximum atomic E-state index is 5.96. The second kappa shape index (κ2) is 8.35. The van der Waals surface area contributed by atoms with E-state index >= 15 is 0 Å². The molecule has 0 bridgehead atoms. The molecular formula is C19H31N2O+. The average Bonchev–Trinajstić information content (AvgIpc) is 3.08. The predicted molar refractivity (Wildman–Crippen MR) is 93.1 cm³/mol. The Hall–Kier alpha value is -1.32. The zero-order valence-electron chi connectivity index (χ0n) is 14.0. The Morgan fingerprint density at radius 1 is 1.27 bits per heavy atom. The molecule has 122 valence electrons. The van der Waals surface area contributed by atoms with Crippen molar-refractivity contribution in [3.05, 3.63) is 42.5 Å². The fourth-order valence-corrected chi connectivity index (χ4v) is 4.03. The highest BCUT2D eigenvalue weighted by Crippen LogP contribution is 2.31. The van der Waals surface area contributed by atoms with E-state index in [-0.39, 0.29) is 0 Å². The van der Waals surface area contributed by atoms with Gasteiger partial charge in [-0.05, 0) is 43.4 Å². The van der Waals surface area contributed by atoms with Crippen LogP contribution in [0.1, 0.15) is 31.2 Å². The molecule has 2 rings (SSSR count). The quantitative estimate of drug-likeness (QED) is 0.562. The smallest absolute Gasteiger partial charge is 0.122 e. The second-order valence-corrected chi connectivity index (χ2v) is 6.43. The molecule has 1 aliphatic rings. The first kappa shape index (κ1) is 17.0. The lowest BCUT2D eigenvalue weighted by molar-refractivity contribution is -0.944. The summed E-state index contributed by atoms with van der Waals surface area (Å²) in [6, 6.07) is 9.11. The molecule has 22 heavy (non-hydrogen) atoms. The third kappa shape index (κ3) is 3.90. The molecule has 0 saturated heterocycles. The Morgan fingerprint density at radius 2 is 2.00 bits per heavy atom. The molecule has 1 unspecified atom stereocenters. The first-order valence-electron chi connectivity index (χ1n) is 8.54. The van der Waals surface area contributed by atoms with E-state index in [9.17, 15) is 0 Å². The lowest BCUT2D eigenvalue weighted by Crippen LogP contribution is -2.57.